The molecule has 0 heterocycles. The fraction of sp³-hybridized carbons (Fsp3) is 0.222. The zero-order valence-electron chi connectivity index (χ0n) is 6.80. The summed E-state index contributed by atoms with van der Waals surface area (Å²) in [6.07, 6.45) is 0.939. The number of thiocarbonyl (C=S) groups is 1. The van der Waals surface area contributed by atoms with Gasteiger partial charge in [-0.05, 0) is 18.1 Å². The van der Waals surface area contributed by atoms with Gasteiger partial charge in [-0.25, -0.2) is 0 Å². The van der Waals surface area contributed by atoms with E-state index in [2.05, 4.69) is 22.9 Å². The van der Waals surface area contributed by atoms with Gasteiger partial charge in [0.2, 0.25) is 0 Å². The second kappa shape index (κ2) is 4.01. The first-order chi connectivity index (χ1) is 5.66. The minimum Gasteiger partial charge on any atom is -0.389 e. The van der Waals surface area contributed by atoms with E-state index in [4.69, 9.17) is 18.0 Å². The maximum atomic E-state index is 5.57. The summed E-state index contributed by atoms with van der Waals surface area (Å²) in [6, 6.07) is 5.89. The molecular weight excluding hydrogens is 234 g/mol. The molecule has 1 rings (SSSR count). The molecule has 0 aliphatic rings. The molecule has 1 aromatic carbocycles. The molecule has 0 unspecified atom stereocenters. The lowest BCUT2D eigenvalue weighted by atomic mass is 10.1. The maximum absolute atomic E-state index is 5.57. The van der Waals surface area contributed by atoms with Crippen molar-refractivity contribution in [3.63, 3.8) is 0 Å². The molecule has 0 saturated carbocycles. The molecule has 0 amide bonds. The number of nitrogens with two attached hydrogens (primary N) is 1. The van der Waals surface area contributed by atoms with E-state index in [-0.39, 0.29) is 0 Å². The van der Waals surface area contributed by atoms with Crippen LogP contribution >= 0.6 is 28.1 Å². The summed E-state index contributed by atoms with van der Waals surface area (Å²) < 4.78 is 1.08. The molecule has 64 valence electrons. The molecule has 1 nitrogen and oxygen atoms in total. The van der Waals surface area contributed by atoms with Crippen LogP contribution in [-0.2, 0) is 6.42 Å². The van der Waals surface area contributed by atoms with E-state index in [0.717, 1.165) is 16.5 Å². The van der Waals surface area contributed by atoms with E-state index in [0.29, 0.717) is 4.99 Å². The van der Waals surface area contributed by atoms with E-state index in [1.165, 1.54) is 5.56 Å². The molecule has 0 fully saturated rings. The minimum atomic E-state index is 0.466. The van der Waals surface area contributed by atoms with E-state index < -0.39 is 0 Å². The third kappa shape index (κ3) is 1.84. The zero-order chi connectivity index (χ0) is 9.14. The highest BCUT2D eigenvalue weighted by Gasteiger charge is 2.05. The summed E-state index contributed by atoms with van der Waals surface area (Å²) in [4.78, 5) is 0.466. The van der Waals surface area contributed by atoms with Gasteiger partial charge in [0.25, 0.3) is 0 Å². The van der Waals surface area contributed by atoms with Crippen LogP contribution in [0.5, 0.6) is 0 Å². The Kier molecular flexibility index (Phi) is 3.23. The van der Waals surface area contributed by atoms with Gasteiger partial charge >= 0.3 is 0 Å². The molecule has 0 aromatic heterocycles. The van der Waals surface area contributed by atoms with Gasteiger partial charge in [-0.3, -0.25) is 0 Å². The Balaban J connectivity index is 3.27. The number of hydrogen-bond acceptors (Lipinski definition) is 1. The lowest BCUT2D eigenvalue weighted by Crippen LogP contribution is -2.12. The Morgan fingerprint density at radius 3 is 2.67 bits per heavy atom. The van der Waals surface area contributed by atoms with E-state index >= 15 is 0 Å². The number of benzene rings is 1. The summed E-state index contributed by atoms with van der Waals surface area (Å²) in [5.74, 6) is 0. The van der Waals surface area contributed by atoms with Crippen LogP contribution in [0.2, 0.25) is 0 Å². The Labute approximate surface area is 86.1 Å². The average molecular weight is 244 g/mol. The van der Waals surface area contributed by atoms with Gasteiger partial charge in [-0.15, -0.1) is 0 Å². The van der Waals surface area contributed by atoms with Crippen molar-refractivity contribution in [2.45, 2.75) is 13.3 Å². The van der Waals surface area contributed by atoms with Crippen molar-refractivity contribution >= 4 is 33.1 Å². The third-order valence-corrected chi connectivity index (χ3v) is 2.70. The Morgan fingerprint density at radius 1 is 1.58 bits per heavy atom. The predicted octanol–water partition coefficient (Wildman–Crippen LogP) is 2.65. The molecule has 0 spiro atoms. The SMILES string of the molecule is CCc1c(Br)cccc1C(N)=S. The second-order valence-electron chi connectivity index (χ2n) is 2.48. The number of hydrogen-bond donors (Lipinski definition) is 1. The van der Waals surface area contributed by atoms with Crippen LogP contribution in [0.15, 0.2) is 22.7 Å². The van der Waals surface area contributed by atoms with Gasteiger partial charge < -0.3 is 5.73 Å². The largest absolute Gasteiger partial charge is 0.389 e. The zero-order valence-corrected chi connectivity index (χ0v) is 9.21. The first-order valence-corrected chi connectivity index (χ1v) is 4.94. The molecule has 0 aliphatic heterocycles. The minimum absolute atomic E-state index is 0.466. The van der Waals surface area contributed by atoms with Gasteiger partial charge in [0.05, 0.1) is 0 Å². The highest BCUT2D eigenvalue weighted by Crippen LogP contribution is 2.20. The molecule has 0 saturated heterocycles. The third-order valence-electron chi connectivity index (χ3n) is 1.74. The molecule has 0 atom stereocenters. The molecule has 0 radical (unpaired) electrons. The van der Waals surface area contributed by atoms with Gasteiger partial charge in [0.15, 0.2) is 0 Å². The van der Waals surface area contributed by atoms with Crippen LogP contribution in [-0.4, -0.2) is 4.99 Å². The molecule has 3 heteroatoms. The van der Waals surface area contributed by atoms with Gasteiger partial charge in [-0.2, -0.15) is 0 Å². The number of rotatable bonds is 2. The van der Waals surface area contributed by atoms with Crippen LogP contribution in [0, 0.1) is 0 Å². The maximum Gasteiger partial charge on any atom is 0.104 e. The Hall–Kier alpha value is -0.410. The first-order valence-electron chi connectivity index (χ1n) is 3.74. The highest BCUT2D eigenvalue weighted by atomic mass is 79.9. The van der Waals surface area contributed by atoms with Crippen molar-refractivity contribution < 1.29 is 0 Å². The topological polar surface area (TPSA) is 26.0 Å². The Morgan fingerprint density at radius 2 is 2.25 bits per heavy atom. The molecule has 0 aliphatic carbocycles. The molecule has 1 aromatic rings. The van der Waals surface area contributed by atoms with Crippen molar-refractivity contribution in [3.8, 4) is 0 Å². The fourth-order valence-electron chi connectivity index (χ4n) is 1.15. The summed E-state index contributed by atoms with van der Waals surface area (Å²) in [6.45, 7) is 2.09. The normalized spacial score (nSPS) is 9.83. The quantitative estimate of drug-likeness (QED) is 0.809. The molecule has 12 heavy (non-hydrogen) atoms. The van der Waals surface area contributed by atoms with E-state index in [9.17, 15) is 0 Å². The standard InChI is InChI=1S/C9H10BrNS/c1-2-6-7(9(11)12)4-3-5-8(6)10/h3-5H,2H2,1H3,(H2,11,12). The van der Waals surface area contributed by atoms with Gasteiger partial charge in [-0.1, -0.05) is 47.2 Å². The smallest absolute Gasteiger partial charge is 0.104 e. The second-order valence-corrected chi connectivity index (χ2v) is 3.78. The molecular formula is C9H10BrNS. The lowest BCUT2D eigenvalue weighted by Gasteiger charge is -2.07. The first kappa shape index (κ1) is 9.68. The summed E-state index contributed by atoms with van der Waals surface area (Å²) >= 11 is 8.39. The van der Waals surface area contributed by atoms with Gasteiger partial charge in [0.1, 0.15) is 4.99 Å². The molecule has 2 N–H and O–H groups in total. The highest BCUT2D eigenvalue weighted by molar-refractivity contribution is 9.10. The average Bonchev–Trinajstić information content (AvgIpc) is 2.03. The monoisotopic (exact) mass is 243 g/mol. The van der Waals surface area contributed by atoms with Crippen LogP contribution in [0.4, 0.5) is 0 Å². The fourth-order valence-corrected chi connectivity index (χ4v) is 1.99. The van der Waals surface area contributed by atoms with Gasteiger partial charge in [0, 0.05) is 10.0 Å². The van der Waals surface area contributed by atoms with E-state index in [1.54, 1.807) is 0 Å². The van der Waals surface area contributed by atoms with Crippen molar-refractivity contribution in [1.82, 2.24) is 0 Å². The van der Waals surface area contributed by atoms with Crippen molar-refractivity contribution in [2.24, 2.45) is 5.73 Å². The van der Waals surface area contributed by atoms with Crippen LogP contribution in [0.3, 0.4) is 0 Å². The Bertz CT molecular complexity index is 309. The van der Waals surface area contributed by atoms with Crippen molar-refractivity contribution in [1.29, 1.82) is 0 Å². The van der Waals surface area contributed by atoms with Crippen molar-refractivity contribution in [2.75, 3.05) is 0 Å². The van der Waals surface area contributed by atoms with Crippen LogP contribution < -0.4 is 5.73 Å². The summed E-state index contributed by atoms with van der Waals surface area (Å²) in [7, 11) is 0. The van der Waals surface area contributed by atoms with E-state index in [1.807, 2.05) is 18.2 Å². The lowest BCUT2D eigenvalue weighted by molar-refractivity contribution is 1.12. The predicted molar refractivity (Wildman–Crippen MR) is 59.4 cm³/mol. The molecule has 0 bridgehead atoms. The summed E-state index contributed by atoms with van der Waals surface area (Å²) in [5.41, 5.74) is 7.73. The van der Waals surface area contributed by atoms with Crippen LogP contribution in [0.25, 0.3) is 0 Å². The van der Waals surface area contributed by atoms with Crippen LogP contribution in [0.1, 0.15) is 18.1 Å². The van der Waals surface area contributed by atoms with Crippen molar-refractivity contribution in [3.05, 3.63) is 33.8 Å². The summed E-state index contributed by atoms with van der Waals surface area (Å²) in [5, 5.41) is 0. The number of halogens is 1.